The van der Waals surface area contributed by atoms with Crippen LogP contribution in [0.2, 0.25) is 5.02 Å². The van der Waals surface area contributed by atoms with Crippen molar-refractivity contribution in [2.24, 2.45) is 5.92 Å². The Kier molecular flexibility index (Phi) is 5.02. The predicted molar refractivity (Wildman–Crippen MR) is 85.7 cm³/mol. The molecule has 0 amide bonds. The summed E-state index contributed by atoms with van der Waals surface area (Å²) in [6.07, 6.45) is 2.29. The number of phenolic OH excluding ortho intramolecular Hbond substituents is 1. The third-order valence-electron chi connectivity index (χ3n) is 3.41. The summed E-state index contributed by atoms with van der Waals surface area (Å²) in [5.41, 5.74) is 1.91. The fourth-order valence-electron chi connectivity index (χ4n) is 2.22. The first-order valence-corrected chi connectivity index (χ1v) is 7.45. The quantitative estimate of drug-likeness (QED) is 0.869. The number of hydrogen-bond donors (Lipinski definition) is 2. The van der Waals surface area contributed by atoms with Gasteiger partial charge in [-0.3, -0.25) is 0 Å². The van der Waals surface area contributed by atoms with E-state index in [9.17, 15) is 5.11 Å². The molecule has 2 aromatic rings. The van der Waals surface area contributed by atoms with Gasteiger partial charge in [-0.1, -0.05) is 44.5 Å². The first-order chi connectivity index (χ1) is 10.0. The molecule has 0 radical (unpaired) electrons. The van der Waals surface area contributed by atoms with E-state index in [1.165, 1.54) is 6.33 Å². The highest BCUT2D eigenvalue weighted by molar-refractivity contribution is 6.33. The van der Waals surface area contributed by atoms with Gasteiger partial charge in [-0.15, -0.1) is 0 Å². The second-order valence-corrected chi connectivity index (χ2v) is 5.67. The van der Waals surface area contributed by atoms with E-state index >= 15 is 0 Å². The van der Waals surface area contributed by atoms with Gasteiger partial charge in [0.25, 0.3) is 0 Å². The highest BCUT2D eigenvalue weighted by Crippen LogP contribution is 2.30. The lowest BCUT2D eigenvalue weighted by Gasteiger charge is -2.24. The molecule has 2 rings (SSSR count). The normalized spacial score (nSPS) is 12.4. The van der Waals surface area contributed by atoms with Crippen LogP contribution in [0.25, 0.3) is 0 Å². The summed E-state index contributed by atoms with van der Waals surface area (Å²) in [7, 11) is 0. The summed E-state index contributed by atoms with van der Waals surface area (Å²) in [4.78, 5) is 8.43. The molecule has 0 aliphatic heterocycles. The number of aromatic hydroxyl groups is 1. The number of phenols is 1. The van der Waals surface area contributed by atoms with Gasteiger partial charge in [-0.25, -0.2) is 9.97 Å². The molecule has 4 nitrogen and oxygen atoms in total. The van der Waals surface area contributed by atoms with Gasteiger partial charge in [0.1, 0.15) is 22.9 Å². The minimum Gasteiger partial charge on any atom is -0.508 e. The fraction of sp³-hybridized carbons (Fsp3) is 0.375. The number of hydrogen-bond acceptors (Lipinski definition) is 4. The SMILES string of the molecule is CCc1ncnc(N[C@H](c2ccc(O)cc2)C(C)C)c1Cl. The molecule has 0 saturated heterocycles. The van der Waals surface area contributed by atoms with Crippen LogP contribution in [0.15, 0.2) is 30.6 Å². The highest BCUT2D eigenvalue weighted by atomic mass is 35.5. The Morgan fingerprint density at radius 2 is 1.86 bits per heavy atom. The van der Waals surface area contributed by atoms with E-state index in [-0.39, 0.29) is 11.8 Å². The lowest BCUT2D eigenvalue weighted by molar-refractivity contribution is 0.474. The van der Waals surface area contributed by atoms with Crippen molar-refractivity contribution in [3.63, 3.8) is 0 Å². The van der Waals surface area contributed by atoms with Crippen LogP contribution in [-0.2, 0) is 6.42 Å². The zero-order chi connectivity index (χ0) is 15.4. The third kappa shape index (κ3) is 3.64. The second-order valence-electron chi connectivity index (χ2n) is 5.29. The molecule has 112 valence electrons. The van der Waals surface area contributed by atoms with E-state index in [2.05, 4.69) is 29.1 Å². The van der Waals surface area contributed by atoms with E-state index in [4.69, 9.17) is 11.6 Å². The minimum absolute atomic E-state index is 0.0581. The van der Waals surface area contributed by atoms with Crippen molar-refractivity contribution in [2.75, 3.05) is 5.32 Å². The average molecular weight is 306 g/mol. The fourth-order valence-corrected chi connectivity index (χ4v) is 2.50. The van der Waals surface area contributed by atoms with Gasteiger partial charge in [0, 0.05) is 0 Å². The van der Waals surface area contributed by atoms with Gasteiger partial charge in [-0.05, 0) is 30.0 Å². The zero-order valence-electron chi connectivity index (χ0n) is 12.5. The van der Waals surface area contributed by atoms with Gasteiger partial charge in [-0.2, -0.15) is 0 Å². The molecular weight excluding hydrogens is 286 g/mol. The molecule has 0 aliphatic carbocycles. The highest BCUT2D eigenvalue weighted by Gasteiger charge is 2.18. The standard InChI is InChI=1S/C16H20ClN3O/c1-4-13-14(17)16(19-9-18-13)20-15(10(2)3)11-5-7-12(21)8-6-11/h5-10,15,21H,4H2,1-3H3,(H,18,19,20)/t15-/m0/s1. The van der Waals surface area contributed by atoms with Crippen LogP contribution in [0.3, 0.4) is 0 Å². The van der Waals surface area contributed by atoms with Crippen molar-refractivity contribution in [1.29, 1.82) is 0 Å². The summed E-state index contributed by atoms with van der Waals surface area (Å²) in [5.74, 6) is 1.25. The van der Waals surface area contributed by atoms with Crippen LogP contribution >= 0.6 is 11.6 Å². The molecule has 0 aliphatic rings. The van der Waals surface area contributed by atoms with Gasteiger partial charge >= 0.3 is 0 Å². The van der Waals surface area contributed by atoms with Crippen molar-refractivity contribution in [3.05, 3.63) is 46.9 Å². The lowest BCUT2D eigenvalue weighted by atomic mass is 9.96. The summed E-state index contributed by atoms with van der Waals surface area (Å²) in [5, 5.41) is 13.4. The molecule has 2 N–H and O–H groups in total. The Bertz CT molecular complexity index is 599. The second kappa shape index (κ2) is 6.76. The molecular formula is C16H20ClN3O. The maximum atomic E-state index is 9.42. The molecule has 1 aromatic heterocycles. The molecule has 21 heavy (non-hydrogen) atoms. The van der Waals surface area contributed by atoms with Crippen LogP contribution in [0.4, 0.5) is 5.82 Å². The number of nitrogens with one attached hydrogen (secondary N) is 1. The van der Waals surface area contributed by atoms with Crippen molar-refractivity contribution < 1.29 is 5.11 Å². The Hall–Kier alpha value is -1.81. The Morgan fingerprint density at radius 3 is 2.43 bits per heavy atom. The first kappa shape index (κ1) is 15.6. The number of halogens is 1. The van der Waals surface area contributed by atoms with Crippen LogP contribution in [0.1, 0.15) is 38.1 Å². The van der Waals surface area contributed by atoms with E-state index in [0.717, 1.165) is 17.7 Å². The minimum atomic E-state index is 0.0581. The maximum Gasteiger partial charge on any atom is 0.149 e. The van der Waals surface area contributed by atoms with Crippen molar-refractivity contribution in [2.45, 2.75) is 33.2 Å². The Balaban J connectivity index is 2.31. The van der Waals surface area contributed by atoms with Crippen LogP contribution < -0.4 is 5.32 Å². The van der Waals surface area contributed by atoms with Crippen molar-refractivity contribution in [3.8, 4) is 5.75 Å². The Morgan fingerprint density at radius 1 is 1.19 bits per heavy atom. The van der Waals surface area contributed by atoms with E-state index in [1.807, 2.05) is 19.1 Å². The van der Waals surface area contributed by atoms with Gasteiger partial charge < -0.3 is 10.4 Å². The average Bonchev–Trinajstić information content (AvgIpc) is 2.47. The molecule has 1 aromatic carbocycles. The molecule has 0 fully saturated rings. The van der Waals surface area contributed by atoms with Crippen LogP contribution in [-0.4, -0.2) is 15.1 Å². The van der Waals surface area contributed by atoms with Gasteiger partial charge in [0.2, 0.25) is 0 Å². The largest absolute Gasteiger partial charge is 0.508 e. The number of rotatable bonds is 5. The number of aromatic nitrogens is 2. The number of aryl methyl sites for hydroxylation is 1. The number of nitrogens with zero attached hydrogens (tertiary/aromatic N) is 2. The summed E-state index contributed by atoms with van der Waals surface area (Å²) < 4.78 is 0. The molecule has 0 spiro atoms. The Labute approximate surface area is 130 Å². The van der Waals surface area contributed by atoms with Crippen LogP contribution in [0, 0.1) is 5.92 Å². The van der Waals surface area contributed by atoms with E-state index in [1.54, 1.807) is 12.1 Å². The van der Waals surface area contributed by atoms with E-state index < -0.39 is 0 Å². The lowest BCUT2D eigenvalue weighted by Crippen LogP contribution is -2.18. The zero-order valence-corrected chi connectivity index (χ0v) is 13.2. The topological polar surface area (TPSA) is 58.0 Å². The molecule has 0 saturated carbocycles. The maximum absolute atomic E-state index is 9.42. The monoisotopic (exact) mass is 305 g/mol. The van der Waals surface area contributed by atoms with Gasteiger partial charge in [0.05, 0.1) is 11.7 Å². The van der Waals surface area contributed by atoms with Crippen LogP contribution in [0.5, 0.6) is 5.75 Å². The molecule has 0 bridgehead atoms. The number of anilines is 1. The molecule has 5 heteroatoms. The van der Waals surface area contributed by atoms with E-state index in [0.29, 0.717) is 16.8 Å². The van der Waals surface area contributed by atoms with Crippen molar-refractivity contribution >= 4 is 17.4 Å². The summed E-state index contributed by atoms with van der Waals surface area (Å²) in [6.45, 7) is 6.26. The molecule has 1 heterocycles. The smallest absolute Gasteiger partial charge is 0.149 e. The molecule has 0 unspecified atom stereocenters. The number of benzene rings is 1. The first-order valence-electron chi connectivity index (χ1n) is 7.07. The molecule has 1 atom stereocenters. The predicted octanol–water partition coefficient (Wildman–Crippen LogP) is 4.21. The third-order valence-corrected chi connectivity index (χ3v) is 3.80. The van der Waals surface area contributed by atoms with Gasteiger partial charge in [0.15, 0.2) is 0 Å². The summed E-state index contributed by atoms with van der Waals surface area (Å²) >= 11 is 6.34. The van der Waals surface area contributed by atoms with Crippen molar-refractivity contribution in [1.82, 2.24) is 9.97 Å². The summed E-state index contributed by atoms with van der Waals surface area (Å²) in [6, 6.07) is 7.24.